The van der Waals surface area contributed by atoms with Crippen LogP contribution >= 0.6 is 11.3 Å². The fourth-order valence-corrected chi connectivity index (χ4v) is 9.87. The van der Waals surface area contributed by atoms with Crippen LogP contribution in [0.25, 0.3) is 75.1 Å². The third kappa shape index (κ3) is 5.31. The number of allylic oxidation sites excluding steroid dienone is 4. The number of benzene rings is 8. The van der Waals surface area contributed by atoms with Crippen molar-refractivity contribution in [1.82, 2.24) is 4.57 Å². The van der Waals surface area contributed by atoms with E-state index >= 15 is 0 Å². The molecule has 0 radical (unpaired) electrons. The van der Waals surface area contributed by atoms with E-state index in [-0.39, 0.29) is 0 Å². The van der Waals surface area contributed by atoms with Gasteiger partial charge in [0, 0.05) is 53.7 Å². The number of para-hydroxylation sites is 2. The van der Waals surface area contributed by atoms with Crippen LogP contribution in [0, 0.1) is 0 Å². The smallest absolute Gasteiger partial charge is 0.0561 e. The van der Waals surface area contributed by atoms with Crippen LogP contribution < -0.4 is 4.90 Å². The van der Waals surface area contributed by atoms with Crippen LogP contribution in [-0.4, -0.2) is 4.57 Å². The van der Waals surface area contributed by atoms with E-state index in [2.05, 4.69) is 204 Å². The molecule has 0 saturated heterocycles. The van der Waals surface area contributed by atoms with Crippen LogP contribution in [0.3, 0.4) is 0 Å². The quantitative estimate of drug-likeness (QED) is 0.166. The highest BCUT2D eigenvalue weighted by atomic mass is 32.1. The van der Waals surface area contributed by atoms with Crippen molar-refractivity contribution in [2.24, 2.45) is 0 Å². The summed E-state index contributed by atoms with van der Waals surface area (Å²) < 4.78 is 5.06. The molecule has 0 aliphatic heterocycles. The lowest BCUT2D eigenvalue weighted by Gasteiger charge is -2.27. The van der Waals surface area contributed by atoms with E-state index < -0.39 is 0 Å². The fraction of sp³-hybridized carbons (Fsp3) is 0.0385. The summed E-state index contributed by atoms with van der Waals surface area (Å²) >= 11 is 1.88. The molecular weight excluding hydrogens is 685 g/mol. The summed E-state index contributed by atoms with van der Waals surface area (Å²) in [5.41, 5.74) is 12.1. The summed E-state index contributed by atoms with van der Waals surface area (Å²) in [6, 6.07) is 64.8. The summed E-state index contributed by atoms with van der Waals surface area (Å²) in [6.45, 7) is 0. The molecule has 3 heteroatoms. The number of thiophene rings is 1. The van der Waals surface area contributed by atoms with Crippen LogP contribution in [0.15, 0.2) is 194 Å². The molecule has 10 aromatic rings. The van der Waals surface area contributed by atoms with Gasteiger partial charge in [-0.2, -0.15) is 0 Å². The number of fused-ring (bicyclic) bond motifs is 8. The van der Waals surface area contributed by atoms with Gasteiger partial charge in [0.25, 0.3) is 0 Å². The minimum Gasteiger partial charge on any atom is -0.310 e. The first-order valence-electron chi connectivity index (χ1n) is 19.1. The molecule has 0 bridgehead atoms. The van der Waals surface area contributed by atoms with Gasteiger partial charge < -0.3 is 9.47 Å². The molecule has 1 aliphatic rings. The summed E-state index contributed by atoms with van der Waals surface area (Å²) in [4.78, 5) is 2.42. The summed E-state index contributed by atoms with van der Waals surface area (Å²) in [5.74, 6) is 0. The average Bonchev–Trinajstić information content (AvgIpc) is 3.80. The zero-order valence-corrected chi connectivity index (χ0v) is 31.0. The van der Waals surface area contributed by atoms with E-state index in [0.29, 0.717) is 0 Å². The minimum atomic E-state index is 1.05. The topological polar surface area (TPSA) is 8.17 Å². The molecule has 8 aromatic carbocycles. The van der Waals surface area contributed by atoms with Gasteiger partial charge in [-0.1, -0.05) is 127 Å². The summed E-state index contributed by atoms with van der Waals surface area (Å²) in [7, 11) is 0. The van der Waals surface area contributed by atoms with E-state index in [1.165, 1.54) is 75.0 Å². The van der Waals surface area contributed by atoms with Gasteiger partial charge in [0.05, 0.1) is 11.0 Å². The van der Waals surface area contributed by atoms with Gasteiger partial charge in [-0.25, -0.2) is 0 Å². The average molecular weight is 721 g/mol. The third-order valence-electron chi connectivity index (χ3n) is 11.2. The molecule has 2 nitrogen and oxygen atoms in total. The molecule has 0 saturated carbocycles. The van der Waals surface area contributed by atoms with Gasteiger partial charge >= 0.3 is 0 Å². The highest BCUT2D eigenvalue weighted by Crippen LogP contribution is 2.44. The largest absolute Gasteiger partial charge is 0.310 e. The Hall–Kier alpha value is -6.68. The van der Waals surface area contributed by atoms with Crippen LogP contribution in [0.2, 0.25) is 0 Å². The Morgan fingerprint density at radius 1 is 0.473 bits per heavy atom. The van der Waals surface area contributed by atoms with Gasteiger partial charge in [-0.15, -0.1) is 11.3 Å². The predicted molar refractivity (Wildman–Crippen MR) is 238 cm³/mol. The first-order chi connectivity index (χ1) is 27.3. The number of hydrogen-bond acceptors (Lipinski definition) is 2. The second-order valence-corrected chi connectivity index (χ2v) is 15.5. The van der Waals surface area contributed by atoms with Gasteiger partial charge in [0.1, 0.15) is 0 Å². The Kier molecular flexibility index (Phi) is 7.53. The number of rotatable bonds is 6. The molecule has 1 aliphatic carbocycles. The maximum atomic E-state index is 2.42. The Morgan fingerprint density at radius 3 is 2.02 bits per heavy atom. The van der Waals surface area contributed by atoms with E-state index in [4.69, 9.17) is 0 Å². The number of nitrogens with zero attached hydrogens (tertiary/aromatic N) is 2. The normalized spacial score (nSPS) is 13.0. The van der Waals surface area contributed by atoms with Crippen LogP contribution in [0.5, 0.6) is 0 Å². The zero-order chi connectivity index (χ0) is 36.3. The molecular formula is C52H36N2S. The zero-order valence-electron chi connectivity index (χ0n) is 30.2. The standard InChI is InChI=1S/C52H36N2S/c1-3-14-35(15-4-1)37-16-13-19-40(32-37)53(41-30-31-44-43-21-9-11-24-48(43)54(49(44)33-41)38-17-5-2-6-18-38)39-28-26-36(27-29-39)47-34-51-52(45-22-8-7-20-42(45)47)46-23-10-12-25-50(46)55-51/h1-3,5-14,16-34H,4,15H2. The Balaban J connectivity index is 1.10. The lowest BCUT2D eigenvalue weighted by Crippen LogP contribution is -2.10. The highest BCUT2D eigenvalue weighted by molar-refractivity contribution is 7.26. The van der Waals surface area contributed by atoms with E-state index in [1.54, 1.807) is 0 Å². The molecule has 11 rings (SSSR count). The van der Waals surface area contributed by atoms with Crippen molar-refractivity contribution in [3.8, 4) is 16.8 Å². The van der Waals surface area contributed by atoms with Crippen molar-refractivity contribution in [2.45, 2.75) is 12.8 Å². The maximum absolute atomic E-state index is 2.42. The van der Waals surface area contributed by atoms with Crippen molar-refractivity contribution in [1.29, 1.82) is 0 Å². The molecule has 0 unspecified atom stereocenters. The Morgan fingerprint density at radius 2 is 1.18 bits per heavy atom. The van der Waals surface area contributed by atoms with E-state index in [9.17, 15) is 0 Å². The Bertz CT molecular complexity index is 3140. The first-order valence-corrected chi connectivity index (χ1v) is 19.9. The second-order valence-electron chi connectivity index (χ2n) is 14.4. The number of anilines is 3. The summed E-state index contributed by atoms with van der Waals surface area (Å²) in [6.07, 6.45) is 8.84. The third-order valence-corrected chi connectivity index (χ3v) is 12.4. The van der Waals surface area contributed by atoms with Gasteiger partial charge in [-0.05, 0) is 113 Å². The Labute approximate surface area is 324 Å². The van der Waals surface area contributed by atoms with Crippen molar-refractivity contribution in [3.05, 3.63) is 200 Å². The number of aromatic nitrogens is 1. The van der Waals surface area contributed by atoms with Gasteiger partial charge in [0.2, 0.25) is 0 Å². The van der Waals surface area contributed by atoms with Crippen LogP contribution in [-0.2, 0) is 0 Å². The summed E-state index contributed by atoms with van der Waals surface area (Å²) in [5, 5.41) is 7.78. The molecule has 0 atom stereocenters. The van der Waals surface area contributed by atoms with E-state index in [1.807, 2.05) is 11.3 Å². The SMILES string of the molecule is C1=CCCC(c2cccc(N(c3ccc(-c4cc5sc6ccccc6c5c5ccccc45)cc3)c3ccc4c5ccccc5n(-c5ccccc5)c4c3)c2)=C1. The highest BCUT2D eigenvalue weighted by Gasteiger charge is 2.19. The van der Waals surface area contributed by atoms with Crippen LogP contribution in [0.4, 0.5) is 17.1 Å². The molecule has 55 heavy (non-hydrogen) atoms. The lowest BCUT2D eigenvalue weighted by atomic mass is 9.94. The molecule has 2 aromatic heterocycles. The van der Waals surface area contributed by atoms with Gasteiger partial charge in [-0.3, -0.25) is 0 Å². The molecule has 0 spiro atoms. The van der Waals surface area contributed by atoms with Crippen molar-refractivity contribution in [3.63, 3.8) is 0 Å². The predicted octanol–water partition coefficient (Wildman–Crippen LogP) is 15.2. The van der Waals surface area contributed by atoms with E-state index in [0.717, 1.165) is 35.6 Å². The van der Waals surface area contributed by atoms with Crippen molar-refractivity contribution in [2.75, 3.05) is 4.90 Å². The second kappa shape index (κ2) is 13.0. The lowest BCUT2D eigenvalue weighted by molar-refractivity contribution is 1.05. The number of hydrogen-bond donors (Lipinski definition) is 0. The molecule has 0 amide bonds. The molecule has 2 heterocycles. The molecule has 260 valence electrons. The first kappa shape index (κ1) is 31.8. The molecule has 0 fully saturated rings. The van der Waals surface area contributed by atoms with Crippen molar-refractivity contribution < 1.29 is 0 Å². The fourth-order valence-electron chi connectivity index (χ4n) is 8.71. The van der Waals surface area contributed by atoms with Gasteiger partial charge in [0.15, 0.2) is 0 Å². The minimum absolute atomic E-state index is 1.05. The van der Waals surface area contributed by atoms with Crippen molar-refractivity contribution >= 4 is 86.7 Å². The maximum Gasteiger partial charge on any atom is 0.0561 e. The molecule has 0 N–H and O–H groups in total. The van der Waals surface area contributed by atoms with Crippen LogP contribution in [0.1, 0.15) is 18.4 Å². The monoisotopic (exact) mass is 720 g/mol.